The highest BCUT2D eigenvalue weighted by atomic mass is 35.5. The fourth-order valence-corrected chi connectivity index (χ4v) is 2.81. The number of likely N-dealkylation sites (N-methyl/N-ethyl adjacent to an activating group) is 2. The number of carbonyl (C=O) groups is 1. The predicted molar refractivity (Wildman–Crippen MR) is 70.3 cm³/mol. The Bertz CT molecular complexity index is 647. The van der Waals surface area contributed by atoms with Crippen LogP contribution in [-0.4, -0.2) is 39.3 Å². The molecule has 21 heavy (non-hydrogen) atoms. The van der Waals surface area contributed by atoms with Gasteiger partial charge in [-0.15, -0.1) is 0 Å². The Morgan fingerprint density at radius 3 is 2.43 bits per heavy atom. The Morgan fingerprint density at radius 2 is 1.95 bits per heavy atom. The topological polar surface area (TPSA) is 66.5 Å². The van der Waals surface area contributed by atoms with Gasteiger partial charge >= 0.3 is 6.18 Å². The molecule has 5 nitrogen and oxygen atoms in total. The number of nitrogens with one attached hydrogen (secondary N) is 1. The van der Waals surface area contributed by atoms with Crippen LogP contribution in [-0.2, 0) is 21.0 Å². The molecule has 118 valence electrons. The second-order valence-electron chi connectivity index (χ2n) is 4.07. The van der Waals surface area contributed by atoms with E-state index in [0.717, 1.165) is 19.2 Å². The molecule has 1 N–H and O–H groups in total. The Morgan fingerprint density at radius 1 is 1.38 bits per heavy atom. The van der Waals surface area contributed by atoms with Crippen LogP contribution in [0.5, 0.6) is 0 Å². The lowest BCUT2D eigenvalue weighted by Crippen LogP contribution is -2.36. The molecule has 0 aliphatic rings. The molecule has 0 saturated carbocycles. The van der Waals surface area contributed by atoms with Gasteiger partial charge in [0.1, 0.15) is 0 Å². The number of halogens is 4. The fraction of sp³-hybridized carbons (Fsp3) is 0.364. The highest BCUT2D eigenvalue weighted by Gasteiger charge is 2.35. The number of hydrogen-bond acceptors (Lipinski definition) is 3. The normalized spacial score (nSPS) is 12.5. The molecule has 0 aliphatic carbocycles. The second kappa shape index (κ2) is 6.20. The zero-order valence-corrected chi connectivity index (χ0v) is 12.6. The molecule has 0 saturated heterocycles. The molecule has 0 unspecified atom stereocenters. The molecular weight excluding hydrogens is 333 g/mol. The minimum absolute atomic E-state index is 0.442. The predicted octanol–water partition coefficient (Wildman–Crippen LogP) is 1.73. The summed E-state index contributed by atoms with van der Waals surface area (Å²) in [4.78, 5) is 10.6. The third kappa shape index (κ3) is 4.08. The van der Waals surface area contributed by atoms with E-state index in [4.69, 9.17) is 11.6 Å². The minimum atomic E-state index is -4.78. The molecule has 1 amide bonds. The summed E-state index contributed by atoms with van der Waals surface area (Å²) in [6.45, 7) is -0.511. The first-order chi connectivity index (χ1) is 9.50. The Kier molecular flexibility index (Phi) is 5.24. The van der Waals surface area contributed by atoms with Crippen molar-refractivity contribution in [3.8, 4) is 0 Å². The number of nitrogens with zero attached hydrogens (tertiary/aromatic N) is 1. The first-order valence-electron chi connectivity index (χ1n) is 5.54. The lowest BCUT2D eigenvalue weighted by atomic mass is 10.2. The van der Waals surface area contributed by atoms with Crippen LogP contribution in [0.4, 0.5) is 13.2 Å². The van der Waals surface area contributed by atoms with Crippen molar-refractivity contribution in [3.05, 3.63) is 28.8 Å². The first kappa shape index (κ1) is 17.7. The molecule has 1 rings (SSSR count). The molecule has 0 atom stereocenters. The van der Waals surface area contributed by atoms with E-state index < -0.39 is 44.1 Å². The van der Waals surface area contributed by atoms with Crippen LogP contribution in [0.3, 0.4) is 0 Å². The second-order valence-corrected chi connectivity index (χ2v) is 6.53. The summed E-state index contributed by atoms with van der Waals surface area (Å²) in [5.41, 5.74) is -1.25. The van der Waals surface area contributed by atoms with Crippen LogP contribution in [0.25, 0.3) is 0 Å². The number of rotatable bonds is 4. The standard InChI is InChI=1S/C11H12ClF3N2O3S/c1-16-10(18)6-17(2)21(19,20)7-3-4-9(12)8(5-7)11(13,14)15/h3-5H,6H2,1-2H3,(H,16,18). The average molecular weight is 345 g/mol. The summed E-state index contributed by atoms with van der Waals surface area (Å²) in [6, 6.07) is 2.25. The lowest BCUT2D eigenvalue weighted by Gasteiger charge is -2.17. The van der Waals surface area contributed by atoms with Gasteiger partial charge in [0.25, 0.3) is 0 Å². The number of benzene rings is 1. The van der Waals surface area contributed by atoms with E-state index in [9.17, 15) is 26.4 Å². The highest BCUT2D eigenvalue weighted by molar-refractivity contribution is 7.89. The Labute approximate surface area is 124 Å². The summed E-state index contributed by atoms with van der Waals surface area (Å²) >= 11 is 5.42. The van der Waals surface area contributed by atoms with Gasteiger partial charge in [0.15, 0.2) is 0 Å². The number of carbonyl (C=O) groups excluding carboxylic acids is 1. The van der Waals surface area contributed by atoms with E-state index in [1.54, 1.807) is 0 Å². The van der Waals surface area contributed by atoms with Gasteiger partial charge in [-0.2, -0.15) is 17.5 Å². The maximum atomic E-state index is 12.7. The van der Waals surface area contributed by atoms with Crippen LogP contribution in [0, 0.1) is 0 Å². The number of sulfonamides is 1. The molecule has 0 bridgehead atoms. The van der Waals surface area contributed by atoms with Gasteiger partial charge in [-0.3, -0.25) is 4.79 Å². The van der Waals surface area contributed by atoms with Crippen LogP contribution in [0.2, 0.25) is 5.02 Å². The summed E-state index contributed by atoms with van der Waals surface area (Å²) in [7, 11) is -1.83. The van der Waals surface area contributed by atoms with E-state index in [-0.39, 0.29) is 0 Å². The van der Waals surface area contributed by atoms with E-state index in [0.29, 0.717) is 10.4 Å². The van der Waals surface area contributed by atoms with Crippen molar-refractivity contribution < 1.29 is 26.4 Å². The van der Waals surface area contributed by atoms with Crippen molar-refractivity contribution in [3.63, 3.8) is 0 Å². The maximum Gasteiger partial charge on any atom is 0.417 e. The third-order valence-corrected chi connectivity index (χ3v) is 4.73. The van der Waals surface area contributed by atoms with E-state index in [2.05, 4.69) is 5.32 Å². The molecule has 0 fully saturated rings. The van der Waals surface area contributed by atoms with E-state index in [1.807, 2.05) is 0 Å². The maximum absolute atomic E-state index is 12.7. The molecule has 10 heteroatoms. The molecular formula is C11H12ClF3N2O3S. The van der Waals surface area contributed by atoms with Gasteiger partial charge < -0.3 is 5.32 Å². The van der Waals surface area contributed by atoms with Crippen molar-refractivity contribution in [1.29, 1.82) is 0 Å². The zero-order chi connectivity index (χ0) is 16.4. The van der Waals surface area contributed by atoms with Crippen molar-refractivity contribution in [2.75, 3.05) is 20.6 Å². The van der Waals surface area contributed by atoms with Gasteiger partial charge in [0.05, 0.1) is 22.0 Å². The number of amides is 1. The van der Waals surface area contributed by atoms with Crippen molar-refractivity contribution in [1.82, 2.24) is 9.62 Å². The quantitative estimate of drug-likeness (QED) is 0.904. The van der Waals surface area contributed by atoms with Crippen LogP contribution >= 0.6 is 11.6 Å². The van der Waals surface area contributed by atoms with Gasteiger partial charge in [-0.25, -0.2) is 8.42 Å². The molecule has 0 heterocycles. The van der Waals surface area contributed by atoms with Crippen molar-refractivity contribution in [2.45, 2.75) is 11.1 Å². The first-order valence-corrected chi connectivity index (χ1v) is 7.35. The van der Waals surface area contributed by atoms with E-state index in [1.165, 1.54) is 7.05 Å². The molecule has 1 aromatic carbocycles. The minimum Gasteiger partial charge on any atom is -0.358 e. The largest absolute Gasteiger partial charge is 0.417 e. The molecule has 0 radical (unpaired) electrons. The van der Waals surface area contributed by atoms with E-state index >= 15 is 0 Å². The van der Waals surface area contributed by atoms with Crippen molar-refractivity contribution >= 4 is 27.5 Å². The molecule has 0 aromatic heterocycles. The van der Waals surface area contributed by atoms with Gasteiger partial charge in [0, 0.05) is 14.1 Å². The lowest BCUT2D eigenvalue weighted by molar-refractivity contribution is -0.137. The average Bonchev–Trinajstić information content (AvgIpc) is 2.37. The van der Waals surface area contributed by atoms with Gasteiger partial charge in [-0.05, 0) is 18.2 Å². The molecule has 1 aromatic rings. The van der Waals surface area contributed by atoms with Crippen LogP contribution < -0.4 is 5.32 Å². The number of alkyl halides is 3. The van der Waals surface area contributed by atoms with Gasteiger partial charge in [0.2, 0.25) is 15.9 Å². The van der Waals surface area contributed by atoms with Crippen LogP contribution in [0.15, 0.2) is 23.1 Å². The number of hydrogen-bond donors (Lipinski definition) is 1. The fourth-order valence-electron chi connectivity index (χ4n) is 1.43. The molecule has 0 spiro atoms. The highest BCUT2D eigenvalue weighted by Crippen LogP contribution is 2.36. The zero-order valence-electron chi connectivity index (χ0n) is 11.0. The third-order valence-electron chi connectivity index (χ3n) is 2.60. The van der Waals surface area contributed by atoms with Crippen LogP contribution in [0.1, 0.15) is 5.56 Å². The van der Waals surface area contributed by atoms with Gasteiger partial charge in [-0.1, -0.05) is 11.6 Å². The summed E-state index contributed by atoms with van der Waals surface area (Å²) in [5, 5.41) is 1.62. The SMILES string of the molecule is CNC(=O)CN(C)S(=O)(=O)c1ccc(Cl)c(C(F)(F)F)c1. The smallest absolute Gasteiger partial charge is 0.358 e. The summed E-state index contributed by atoms with van der Waals surface area (Å²) in [5.74, 6) is -0.592. The Balaban J connectivity index is 3.24. The summed E-state index contributed by atoms with van der Waals surface area (Å²) in [6.07, 6.45) is -4.78. The summed E-state index contributed by atoms with van der Waals surface area (Å²) < 4.78 is 63.0. The van der Waals surface area contributed by atoms with Crippen molar-refractivity contribution in [2.24, 2.45) is 0 Å². The monoisotopic (exact) mass is 344 g/mol. The Hall–Kier alpha value is -1.32. The molecule has 0 aliphatic heterocycles.